The number of rotatable bonds is 5. The highest BCUT2D eigenvalue weighted by Crippen LogP contribution is 2.31. The first-order chi connectivity index (χ1) is 11.6. The van der Waals surface area contributed by atoms with Gasteiger partial charge in [-0.05, 0) is 42.7 Å². The van der Waals surface area contributed by atoms with Gasteiger partial charge in [-0.3, -0.25) is 19.9 Å². The van der Waals surface area contributed by atoms with Crippen molar-refractivity contribution in [2.45, 2.75) is 19.4 Å². The lowest BCUT2D eigenvalue weighted by molar-refractivity contribution is -0.384. The number of pyridine rings is 1. The molecule has 0 saturated heterocycles. The van der Waals surface area contributed by atoms with E-state index < -0.39 is 4.92 Å². The Bertz CT molecular complexity index is 764. The van der Waals surface area contributed by atoms with Crippen LogP contribution in [0.1, 0.15) is 24.1 Å². The minimum atomic E-state index is -0.414. The number of amides is 1. The predicted octanol–water partition coefficient (Wildman–Crippen LogP) is 2.23. The largest absolute Gasteiger partial charge is 0.311 e. The first-order valence-electron chi connectivity index (χ1n) is 7.77. The number of hydrogen-bond acceptors (Lipinski definition) is 5. The van der Waals surface area contributed by atoms with Gasteiger partial charge in [-0.1, -0.05) is 0 Å². The van der Waals surface area contributed by atoms with E-state index in [0.717, 1.165) is 16.8 Å². The molecule has 1 unspecified atom stereocenters. The fraction of sp³-hybridized carbons (Fsp3) is 0.294. The molecule has 7 heteroatoms. The molecule has 1 aliphatic rings. The molecule has 0 spiro atoms. The summed E-state index contributed by atoms with van der Waals surface area (Å²) in [5.74, 6) is -0.0384. The summed E-state index contributed by atoms with van der Waals surface area (Å²) < 4.78 is 0. The molecule has 0 bridgehead atoms. The van der Waals surface area contributed by atoms with Crippen LogP contribution in [-0.4, -0.2) is 28.9 Å². The van der Waals surface area contributed by atoms with Gasteiger partial charge < -0.3 is 10.2 Å². The molecule has 0 aliphatic carbocycles. The van der Waals surface area contributed by atoms with Crippen molar-refractivity contribution in [2.24, 2.45) is 0 Å². The highest BCUT2D eigenvalue weighted by Gasteiger charge is 2.26. The van der Waals surface area contributed by atoms with Crippen molar-refractivity contribution in [1.82, 2.24) is 10.3 Å². The van der Waals surface area contributed by atoms with Gasteiger partial charge in [0.1, 0.15) is 0 Å². The smallest absolute Gasteiger partial charge is 0.269 e. The highest BCUT2D eigenvalue weighted by molar-refractivity contribution is 5.97. The summed E-state index contributed by atoms with van der Waals surface area (Å²) in [7, 11) is 0. The van der Waals surface area contributed by atoms with Crippen LogP contribution < -0.4 is 10.2 Å². The Labute approximate surface area is 139 Å². The average molecular weight is 326 g/mol. The molecule has 0 saturated carbocycles. The second kappa shape index (κ2) is 6.76. The SMILES string of the molecule is CC(NCC(=O)N1CCc2cc([N+](=O)[O-])ccc21)c1ccncc1. The van der Waals surface area contributed by atoms with E-state index in [1.807, 2.05) is 19.1 Å². The standard InChI is InChI=1S/C17H18N4O3/c1-12(13-4-7-18-8-5-13)19-11-17(22)20-9-6-14-10-15(21(23)24)2-3-16(14)20/h2-5,7-8,10,12,19H,6,9,11H2,1H3. The van der Waals surface area contributed by atoms with Gasteiger partial charge in [0.05, 0.1) is 11.5 Å². The van der Waals surface area contributed by atoms with Gasteiger partial charge >= 0.3 is 0 Å². The number of nitro groups is 1. The molecular formula is C17H18N4O3. The molecule has 1 aliphatic heterocycles. The number of nitrogens with one attached hydrogen (secondary N) is 1. The molecule has 2 aromatic rings. The maximum Gasteiger partial charge on any atom is 0.269 e. The Hall–Kier alpha value is -2.80. The van der Waals surface area contributed by atoms with E-state index in [9.17, 15) is 14.9 Å². The van der Waals surface area contributed by atoms with E-state index in [0.29, 0.717) is 13.0 Å². The molecule has 0 radical (unpaired) electrons. The van der Waals surface area contributed by atoms with Crippen LogP contribution in [0.5, 0.6) is 0 Å². The molecule has 124 valence electrons. The number of benzene rings is 1. The van der Waals surface area contributed by atoms with Gasteiger partial charge in [0.2, 0.25) is 5.91 Å². The van der Waals surface area contributed by atoms with Crippen LogP contribution in [0.3, 0.4) is 0 Å². The van der Waals surface area contributed by atoms with Gasteiger partial charge in [0.15, 0.2) is 0 Å². The third kappa shape index (κ3) is 3.26. The highest BCUT2D eigenvalue weighted by atomic mass is 16.6. The minimum absolute atomic E-state index is 0.0379. The lowest BCUT2D eigenvalue weighted by Crippen LogP contribution is -2.38. The van der Waals surface area contributed by atoms with E-state index in [1.54, 1.807) is 29.4 Å². The zero-order valence-electron chi connectivity index (χ0n) is 13.3. The number of hydrogen-bond donors (Lipinski definition) is 1. The second-order valence-electron chi connectivity index (χ2n) is 5.75. The Kier molecular flexibility index (Phi) is 4.52. The quantitative estimate of drug-likeness (QED) is 0.672. The summed E-state index contributed by atoms with van der Waals surface area (Å²) in [6, 6.07) is 8.51. The van der Waals surface area contributed by atoms with Crippen molar-refractivity contribution in [3.63, 3.8) is 0 Å². The van der Waals surface area contributed by atoms with Crippen LogP contribution in [-0.2, 0) is 11.2 Å². The van der Waals surface area contributed by atoms with Gasteiger partial charge in [-0.15, -0.1) is 0 Å². The Balaban J connectivity index is 1.64. The van der Waals surface area contributed by atoms with Crippen LogP contribution in [0.25, 0.3) is 0 Å². The molecule has 1 amide bonds. The summed E-state index contributed by atoms with van der Waals surface area (Å²) in [4.78, 5) is 28.6. The number of carbonyl (C=O) groups excluding carboxylic acids is 1. The third-order valence-corrected chi connectivity index (χ3v) is 4.24. The number of nitrogens with zero attached hydrogens (tertiary/aromatic N) is 3. The van der Waals surface area contributed by atoms with E-state index in [4.69, 9.17) is 0 Å². The molecule has 24 heavy (non-hydrogen) atoms. The predicted molar refractivity (Wildman–Crippen MR) is 89.8 cm³/mol. The van der Waals surface area contributed by atoms with Gasteiger partial charge in [0, 0.05) is 42.8 Å². The van der Waals surface area contributed by atoms with E-state index >= 15 is 0 Å². The monoisotopic (exact) mass is 326 g/mol. The first-order valence-corrected chi connectivity index (χ1v) is 7.77. The fourth-order valence-electron chi connectivity index (χ4n) is 2.87. The van der Waals surface area contributed by atoms with Crippen LogP contribution in [0.4, 0.5) is 11.4 Å². The van der Waals surface area contributed by atoms with E-state index in [-0.39, 0.29) is 24.2 Å². The number of fused-ring (bicyclic) bond motifs is 1. The maximum absolute atomic E-state index is 12.5. The Morgan fingerprint density at radius 3 is 2.83 bits per heavy atom. The van der Waals surface area contributed by atoms with Gasteiger partial charge in [-0.25, -0.2) is 0 Å². The van der Waals surface area contributed by atoms with Crippen LogP contribution in [0, 0.1) is 10.1 Å². The Morgan fingerprint density at radius 1 is 1.38 bits per heavy atom. The number of aromatic nitrogens is 1. The first kappa shape index (κ1) is 16.1. The maximum atomic E-state index is 12.5. The molecule has 1 atom stereocenters. The lowest BCUT2D eigenvalue weighted by Gasteiger charge is -2.20. The van der Waals surface area contributed by atoms with Crippen LogP contribution in [0.2, 0.25) is 0 Å². The molecule has 1 aromatic heterocycles. The molecule has 0 fully saturated rings. The summed E-state index contributed by atoms with van der Waals surface area (Å²) in [6.45, 7) is 2.75. The molecule has 7 nitrogen and oxygen atoms in total. The molecule has 2 heterocycles. The summed E-state index contributed by atoms with van der Waals surface area (Å²) >= 11 is 0. The molecule has 1 N–H and O–H groups in total. The molecular weight excluding hydrogens is 308 g/mol. The molecule has 3 rings (SSSR count). The van der Waals surface area contributed by atoms with Crippen molar-refractivity contribution in [2.75, 3.05) is 18.0 Å². The molecule has 1 aromatic carbocycles. The van der Waals surface area contributed by atoms with E-state index in [1.165, 1.54) is 6.07 Å². The van der Waals surface area contributed by atoms with Crippen LogP contribution >= 0.6 is 0 Å². The van der Waals surface area contributed by atoms with Crippen molar-refractivity contribution >= 4 is 17.3 Å². The number of carbonyl (C=O) groups is 1. The van der Waals surface area contributed by atoms with Gasteiger partial charge in [-0.2, -0.15) is 0 Å². The number of anilines is 1. The number of non-ortho nitro benzene ring substituents is 1. The zero-order valence-corrected chi connectivity index (χ0v) is 13.3. The summed E-state index contributed by atoms with van der Waals surface area (Å²) in [6.07, 6.45) is 4.08. The fourth-order valence-corrected chi connectivity index (χ4v) is 2.87. The van der Waals surface area contributed by atoms with Crippen molar-refractivity contribution < 1.29 is 9.72 Å². The summed E-state index contributed by atoms with van der Waals surface area (Å²) in [5.41, 5.74) is 2.74. The number of nitro benzene ring substituents is 1. The van der Waals surface area contributed by atoms with Crippen molar-refractivity contribution in [3.05, 3.63) is 64.0 Å². The summed E-state index contributed by atoms with van der Waals surface area (Å²) in [5, 5.41) is 14.0. The van der Waals surface area contributed by atoms with Crippen molar-refractivity contribution in [3.8, 4) is 0 Å². The second-order valence-corrected chi connectivity index (χ2v) is 5.75. The topological polar surface area (TPSA) is 88.4 Å². The average Bonchev–Trinajstić information content (AvgIpc) is 3.03. The van der Waals surface area contributed by atoms with E-state index in [2.05, 4.69) is 10.3 Å². The zero-order chi connectivity index (χ0) is 17.1. The van der Waals surface area contributed by atoms with Crippen molar-refractivity contribution in [1.29, 1.82) is 0 Å². The lowest BCUT2D eigenvalue weighted by atomic mass is 10.1. The van der Waals surface area contributed by atoms with Crippen LogP contribution in [0.15, 0.2) is 42.7 Å². The van der Waals surface area contributed by atoms with Gasteiger partial charge in [0.25, 0.3) is 5.69 Å². The third-order valence-electron chi connectivity index (χ3n) is 4.24. The Morgan fingerprint density at radius 2 is 2.12 bits per heavy atom. The minimum Gasteiger partial charge on any atom is -0.311 e. The normalized spacial score (nSPS) is 14.3.